The summed E-state index contributed by atoms with van der Waals surface area (Å²) in [6.45, 7) is 2.78. The molecule has 0 aliphatic carbocycles. The highest BCUT2D eigenvalue weighted by Gasteiger charge is 2.34. The molecule has 0 N–H and O–H groups in total. The Bertz CT molecular complexity index is 1000. The minimum atomic E-state index is -0.0835. The molecule has 0 spiro atoms. The van der Waals surface area contributed by atoms with Gasteiger partial charge in [-0.3, -0.25) is 9.59 Å². The third kappa shape index (κ3) is 3.74. The van der Waals surface area contributed by atoms with Crippen molar-refractivity contribution in [1.82, 2.24) is 14.8 Å². The lowest BCUT2D eigenvalue weighted by molar-refractivity contribution is -0.138. The van der Waals surface area contributed by atoms with Gasteiger partial charge in [-0.15, -0.1) is 11.3 Å². The van der Waals surface area contributed by atoms with Gasteiger partial charge in [-0.25, -0.2) is 4.98 Å². The summed E-state index contributed by atoms with van der Waals surface area (Å²) < 4.78 is 6.43. The number of thiazole rings is 1. The van der Waals surface area contributed by atoms with Crippen LogP contribution in [0.3, 0.4) is 0 Å². The molecule has 6 nitrogen and oxygen atoms in total. The van der Waals surface area contributed by atoms with E-state index in [2.05, 4.69) is 12.1 Å². The van der Waals surface area contributed by atoms with E-state index in [1.165, 1.54) is 11.0 Å². The number of carbonyl (C=O) groups excluding carboxylic acids is 2. The fourth-order valence-electron chi connectivity index (χ4n) is 4.59. The van der Waals surface area contributed by atoms with Crippen LogP contribution in [-0.2, 0) is 4.79 Å². The van der Waals surface area contributed by atoms with Gasteiger partial charge in [0.1, 0.15) is 0 Å². The topological polar surface area (TPSA) is 66.7 Å². The predicted molar refractivity (Wildman–Crippen MR) is 116 cm³/mol. The molecule has 0 saturated carbocycles. The van der Waals surface area contributed by atoms with E-state index in [0.717, 1.165) is 36.5 Å². The number of fused-ring (bicyclic) bond motifs is 1. The lowest BCUT2D eigenvalue weighted by Gasteiger charge is -2.37. The lowest BCUT2D eigenvalue weighted by Crippen LogP contribution is -2.46. The zero-order chi connectivity index (χ0) is 20.5. The smallest absolute Gasteiger partial charge is 0.289 e. The molecule has 4 heterocycles. The Hall–Kier alpha value is -2.67. The lowest BCUT2D eigenvalue weighted by atomic mass is 9.92. The summed E-state index contributed by atoms with van der Waals surface area (Å²) in [5.41, 5.74) is 1.05. The number of benzene rings is 1. The molecule has 2 aliphatic heterocycles. The standard InChI is InChI=1S/C23H25N3O3S/c27-22(16-9-12-25(13-10-16)23(28)19-7-4-14-29-19)26-11-3-5-17(15-26)21-24-18-6-1-2-8-20(18)30-21/h1-2,4,6-8,14,16-17H,3,5,9-13,15H2. The zero-order valence-electron chi connectivity index (χ0n) is 16.8. The molecule has 30 heavy (non-hydrogen) atoms. The highest BCUT2D eigenvalue weighted by molar-refractivity contribution is 7.18. The normalized spacial score (nSPS) is 20.6. The number of nitrogens with zero attached hydrogens (tertiary/aromatic N) is 3. The number of amides is 2. The Balaban J connectivity index is 1.20. The monoisotopic (exact) mass is 423 g/mol. The van der Waals surface area contributed by atoms with Crippen molar-refractivity contribution in [2.75, 3.05) is 26.2 Å². The van der Waals surface area contributed by atoms with Crippen LogP contribution < -0.4 is 0 Å². The van der Waals surface area contributed by atoms with Crippen LogP contribution in [-0.4, -0.2) is 52.8 Å². The van der Waals surface area contributed by atoms with Crippen LogP contribution in [0.15, 0.2) is 47.1 Å². The Morgan fingerprint density at radius 3 is 2.60 bits per heavy atom. The first kappa shape index (κ1) is 19.3. The molecule has 0 bridgehead atoms. The Morgan fingerprint density at radius 2 is 1.83 bits per heavy atom. The Kier molecular flexibility index (Phi) is 5.29. The van der Waals surface area contributed by atoms with Crippen LogP contribution >= 0.6 is 11.3 Å². The summed E-state index contributed by atoms with van der Waals surface area (Å²) in [7, 11) is 0. The van der Waals surface area contributed by atoms with Crippen LogP contribution in [0.1, 0.15) is 47.2 Å². The second-order valence-corrected chi connectivity index (χ2v) is 9.25. The summed E-state index contributed by atoms with van der Waals surface area (Å²) in [6, 6.07) is 11.6. The van der Waals surface area contributed by atoms with Gasteiger partial charge in [0.15, 0.2) is 5.76 Å². The number of carbonyl (C=O) groups is 2. The molecule has 1 unspecified atom stereocenters. The van der Waals surface area contributed by atoms with Crippen molar-refractivity contribution >= 4 is 33.4 Å². The van der Waals surface area contributed by atoms with E-state index in [4.69, 9.17) is 9.40 Å². The third-order valence-corrected chi connectivity index (χ3v) is 7.45. The second kappa shape index (κ2) is 8.22. The first-order valence-corrected chi connectivity index (χ1v) is 11.5. The van der Waals surface area contributed by atoms with Crippen LogP contribution in [0, 0.1) is 5.92 Å². The number of para-hydroxylation sites is 1. The minimum absolute atomic E-state index is 0.000215. The van der Waals surface area contributed by atoms with Crippen molar-refractivity contribution in [1.29, 1.82) is 0 Å². The highest BCUT2D eigenvalue weighted by Crippen LogP contribution is 2.34. The Morgan fingerprint density at radius 1 is 1.00 bits per heavy atom. The van der Waals surface area contributed by atoms with Crippen molar-refractivity contribution in [3.63, 3.8) is 0 Å². The van der Waals surface area contributed by atoms with Crippen LogP contribution in [0.4, 0.5) is 0 Å². The van der Waals surface area contributed by atoms with Gasteiger partial charge in [0.25, 0.3) is 5.91 Å². The molecule has 2 saturated heterocycles. The molecule has 5 rings (SSSR count). The van der Waals surface area contributed by atoms with E-state index in [0.29, 0.717) is 37.6 Å². The van der Waals surface area contributed by atoms with Gasteiger partial charge < -0.3 is 14.2 Å². The molecule has 2 aromatic heterocycles. The molecule has 2 amide bonds. The summed E-state index contributed by atoms with van der Waals surface area (Å²) in [4.78, 5) is 34.3. The summed E-state index contributed by atoms with van der Waals surface area (Å²) >= 11 is 1.75. The number of hydrogen-bond acceptors (Lipinski definition) is 5. The first-order chi connectivity index (χ1) is 14.7. The number of hydrogen-bond donors (Lipinski definition) is 0. The largest absolute Gasteiger partial charge is 0.459 e. The second-order valence-electron chi connectivity index (χ2n) is 8.19. The van der Waals surface area contributed by atoms with E-state index >= 15 is 0 Å². The molecule has 3 aromatic rings. The average molecular weight is 424 g/mol. The maximum atomic E-state index is 13.2. The van der Waals surface area contributed by atoms with E-state index < -0.39 is 0 Å². The van der Waals surface area contributed by atoms with Crippen molar-refractivity contribution in [3.05, 3.63) is 53.4 Å². The van der Waals surface area contributed by atoms with Gasteiger partial charge in [0.2, 0.25) is 5.91 Å². The maximum absolute atomic E-state index is 13.2. The quantitative estimate of drug-likeness (QED) is 0.635. The fraction of sp³-hybridized carbons (Fsp3) is 0.435. The molecule has 7 heteroatoms. The van der Waals surface area contributed by atoms with Gasteiger partial charge in [-0.2, -0.15) is 0 Å². The SMILES string of the molecule is O=C(c1ccco1)N1CCC(C(=O)N2CCCC(c3nc4ccccc4s3)C2)CC1. The predicted octanol–water partition coefficient (Wildman–Crippen LogP) is 4.15. The first-order valence-electron chi connectivity index (χ1n) is 10.7. The molecular formula is C23H25N3O3S. The minimum Gasteiger partial charge on any atom is -0.459 e. The number of likely N-dealkylation sites (tertiary alicyclic amines) is 2. The number of furan rings is 1. The number of rotatable bonds is 3. The number of aromatic nitrogens is 1. The highest BCUT2D eigenvalue weighted by atomic mass is 32.1. The summed E-state index contributed by atoms with van der Waals surface area (Å²) in [5, 5.41) is 1.15. The Labute approximate surface area is 179 Å². The molecule has 1 atom stereocenters. The molecule has 2 aliphatic rings. The van der Waals surface area contributed by atoms with Crippen molar-refractivity contribution in [2.45, 2.75) is 31.6 Å². The van der Waals surface area contributed by atoms with Gasteiger partial charge in [0, 0.05) is 38.0 Å². The van der Waals surface area contributed by atoms with Crippen LogP contribution in [0.25, 0.3) is 10.2 Å². The summed E-state index contributed by atoms with van der Waals surface area (Å²) in [5.74, 6) is 0.848. The maximum Gasteiger partial charge on any atom is 0.289 e. The summed E-state index contributed by atoms with van der Waals surface area (Å²) in [6.07, 6.45) is 5.05. The molecule has 156 valence electrons. The van der Waals surface area contributed by atoms with E-state index in [9.17, 15) is 9.59 Å². The molecule has 0 radical (unpaired) electrons. The van der Waals surface area contributed by atoms with Gasteiger partial charge in [0.05, 0.1) is 21.5 Å². The van der Waals surface area contributed by atoms with Gasteiger partial charge in [-0.1, -0.05) is 12.1 Å². The van der Waals surface area contributed by atoms with Gasteiger partial charge >= 0.3 is 0 Å². The molecule has 2 fully saturated rings. The van der Waals surface area contributed by atoms with Crippen molar-refractivity contribution in [3.8, 4) is 0 Å². The van der Waals surface area contributed by atoms with E-state index in [1.54, 1.807) is 28.4 Å². The van der Waals surface area contributed by atoms with Crippen LogP contribution in [0.5, 0.6) is 0 Å². The molecule has 1 aromatic carbocycles. The van der Waals surface area contributed by atoms with E-state index in [1.807, 2.05) is 17.0 Å². The number of piperidine rings is 2. The van der Waals surface area contributed by atoms with Crippen LogP contribution in [0.2, 0.25) is 0 Å². The van der Waals surface area contributed by atoms with Crippen molar-refractivity contribution in [2.24, 2.45) is 5.92 Å². The average Bonchev–Trinajstić information content (AvgIpc) is 3.48. The van der Waals surface area contributed by atoms with Gasteiger partial charge in [-0.05, 0) is 49.9 Å². The molecular weight excluding hydrogens is 398 g/mol. The third-order valence-electron chi connectivity index (χ3n) is 6.26. The van der Waals surface area contributed by atoms with Crippen molar-refractivity contribution < 1.29 is 14.0 Å². The zero-order valence-corrected chi connectivity index (χ0v) is 17.6. The fourth-order valence-corrected chi connectivity index (χ4v) is 5.68. The van der Waals surface area contributed by atoms with E-state index in [-0.39, 0.29) is 17.7 Å².